The summed E-state index contributed by atoms with van der Waals surface area (Å²) in [6.07, 6.45) is 2.41. The van der Waals surface area contributed by atoms with E-state index in [2.05, 4.69) is 53.6 Å². The first-order chi connectivity index (χ1) is 14.5. The zero-order chi connectivity index (χ0) is 22.5. The Morgan fingerprint density at radius 3 is 2.77 bits per heavy atom. The summed E-state index contributed by atoms with van der Waals surface area (Å²) < 4.78 is 5.94. The fourth-order valence-corrected chi connectivity index (χ4v) is 3.45. The molecule has 168 valence electrons. The Balaban J connectivity index is 0.000000349. The molecule has 1 fully saturated rings. The van der Waals surface area contributed by atoms with Crippen molar-refractivity contribution < 1.29 is 19.1 Å². The van der Waals surface area contributed by atoms with Gasteiger partial charge in [-0.2, -0.15) is 0 Å². The average molecular weight is 421 g/mol. The number of anilines is 1. The predicted octanol–water partition coefficient (Wildman–Crippen LogP) is 1.14. The highest BCUT2D eigenvalue weighted by atomic mass is 16.5. The highest BCUT2D eigenvalue weighted by Crippen LogP contribution is 2.37. The number of hydrogen-bond donors (Lipinski definition) is 2. The number of fused-ring (bicyclic) bond motifs is 3. The van der Waals surface area contributed by atoms with Crippen LogP contribution >= 0.6 is 0 Å². The van der Waals surface area contributed by atoms with Gasteiger partial charge < -0.3 is 34.8 Å². The van der Waals surface area contributed by atoms with Gasteiger partial charge in [-0.05, 0) is 50.7 Å². The lowest BCUT2D eigenvalue weighted by Gasteiger charge is -2.42. The van der Waals surface area contributed by atoms with Crippen molar-refractivity contribution in [2.75, 3.05) is 52.3 Å². The van der Waals surface area contributed by atoms with Gasteiger partial charge in [-0.25, -0.2) is 0 Å². The van der Waals surface area contributed by atoms with Crippen LogP contribution in [0.3, 0.4) is 0 Å². The van der Waals surface area contributed by atoms with E-state index in [0.29, 0.717) is 25.3 Å². The number of carbonyl (C=O) groups is 3. The fourth-order valence-electron chi connectivity index (χ4n) is 3.45. The zero-order valence-corrected chi connectivity index (χ0v) is 18.7. The molecule has 8 heteroatoms. The standard InChI is InChI=1S/C15H23N3O.C6H11NO2.CH2O/c1-11-6-15-14(7-12(11)9-17(2)3)18-5-4-16-8-13(18)10-19-15;1-7-6(9)4-2-3-5-8;1-2/h6-7,13,16H,4-5,8-10H2,1-3H3;5H,2-4H2,1H3,(H,7,9);1H2. The van der Waals surface area contributed by atoms with Crippen molar-refractivity contribution in [1.29, 1.82) is 0 Å². The topological polar surface area (TPSA) is 91.0 Å². The van der Waals surface area contributed by atoms with Crippen LogP contribution < -0.4 is 20.3 Å². The molecule has 1 amide bonds. The number of nitrogens with one attached hydrogen (secondary N) is 2. The third-order valence-corrected chi connectivity index (χ3v) is 5.00. The van der Waals surface area contributed by atoms with Crippen LogP contribution in [-0.2, 0) is 20.9 Å². The second-order valence-corrected chi connectivity index (χ2v) is 7.58. The molecule has 0 saturated carbocycles. The van der Waals surface area contributed by atoms with E-state index in [9.17, 15) is 9.59 Å². The Labute approximate surface area is 179 Å². The molecule has 8 nitrogen and oxygen atoms in total. The SMILES string of the molecule is C=O.CNC(=O)CCCC=O.Cc1cc2c(cc1CN(C)C)N1CCNCC1CO2. The minimum absolute atomic E-state index is 0.00292. The first-order valence-electron chi connectivity index (χ1n) is 10.3. The highest BCUT2D eigenvalue weighted by Gasteiger charge is 2.30. The third kappa shape index (κ3) is 7.76. The Morgan fingerprint density at radius 2 is 2.13 bits per heavy atom. The van der Waals surface area contributed by atoms with Crippen molar-refractivity contribution in [3.63, 3.8) is 0 Å². The van der Waals surface area contributed by atoms with E-state index in [1.165, 1.54) is 16.8 Å². The van der Waals surface area contributed by atoms with Gasteiger partial charge in [0.25, 0.3) is 0 Å². The van der Waals surface area contributed by atoms with E-state index in [-0.39, 0.29) is 5.91 Å². The van der Waals surface area contributed by atoms with Gasteiger partial charge in [-0.1, -0.05) is 0 Å². The van der Waals surface area contributed by atoms with Crippen LogP contribution in [-0.4, -0.2) is 77.3 Å². The van der Waals surface area contributed by atoms with Crippen LogP contribution in [0.4, 0.5) is 5.69 Å². The highest BCUT2D eigenvalue weighted by molar-refractivity contribution is 5.75. The minimum atomic E-state index is -0.00292. The quantitative estimate of drug-likeness (QED) is 0.527. The molecule has 1 atom stereocenters. The molecule has 2 aliphatic rings. The molecule has 0 aromatic heterocycles. The van der Waals surface area contributed by atoms with E-state index in [0.717, 1.165) is 44.8 Å². The fraction of sp³-hybridized carbons (Fsp3) is 0.591. The molecule has 1 unspecified atom stereocenters. The monoisotopic (exact) mass is 420 g/mol. The van der Waals surface area contributed by atoms with Crippen LogP contribution in [0.1, 0.15) is 30.4 Å². The van der Waals surface area contributed by atoms with E-state index in [4.69, 9.17) is 9.53 Å². The van der Waals surface area contributed by atoms with Gasteiger partial charge in [0.2, 0.25) is 5.91 Å². The van der Waals surface area contributed by atoms with Crippen molar-refractivity contribution in [1.82, 2.24) is 15.5 Å². The van der Waals surface area contributed by atoms with Gasteiger partial charge >= 0.3 is 0 Å². The van der Waals surface area contributed by atoms with Crippen molar-refractivity contribution in [2.45, 2.75) is 38.8 Å². The molecule has 0 bridgehead atoms. The van der Waals surface area contributed by atoms with E-state index in [1.807, 2.05) is 6.79 Å². The summed E-state index contributed by atoms with van der Waals surface area (Å²) in [7, 11) is 5.81. The van der Waals surface area contributed by atoms with E-state index < -0.39 is 0 Å². The van der Waals surface area contributed by atoms with Gasteiger partial charge in [-0.3, -0.25) is 4.79 Å². The molecule has 0 spiro atoms. The van der Waals surface area contributed by atoms with Crippen molar-refractivity contribution in [3.05, 3.63) is 23.3 Å². The lowest BCUT2D eigenvalue weighted by Crippen LogP contribution is -2.55. The summed E-state index contributed by atoms with van der Waals surface area (Å²) in [5, 5.41) is 5.91. The molecule has 1 aromatic rings. The maximum absolute atomic E-state index is 10.5. The predicted molar refractivity (Wildman–Crippen MR) is 119 cm³/mol. The number of benzene rings is 1. The van der Waals surface area contributed by atoms with Crippen LogP contribution in [0.25, 0.3) is 0 Å². The average Bonchev–Trinajstić information content (AvgIpc) is 2.76. The number of aldehydes is 1. The summed E-state index contributed by atoms with van der Waals surface area (Å²) in [6.45, 7) is 9.11. The first kappa shape index (κ1) is 25.6. The number of aryl methyl sites for hydroxylation is 1. The number of nitrogens with zero attached hydrogens (tertiary/aromatic N) is 2. The number of hydrogen-bond acceptors (Lipinski definition) is 7. The summed E-state index contributed by atoms with van der Waals surface area (Å²) in [4.78, 5) is 32.9. The summed E-state index contributed by atoms with van der Waals surface area (Å²) in [6, 6.07) is 5.00. The summed E-state index contributed by atoms with van der Waals surface area (Å²) >= 11 is 0. The molecule has 2 aliphatic heterocycles. The maximum Gasteiger partial charge on any atom is 0.219 e. The van der Waals surface area contributed by atoms with Gasteiger partial charge in [-0.15, -0.1) is 0 Å². The van der Waals surface area contributed by atoms with Gasteiger partial charge in [0.1, 0.15) is 25.4 Å². The van der Waals surface area contributed by atoms with E-state index in [1.54, 1.807) is 7.05 Å². The number of unbranched alkanes of at least 4 members (excludes halogenated alkanes) is 1. The molecule has 0 radical (unpaired) electrons. The lowest BCUT2D eigenvalue weighted by molar-refractivity contribution is -0.120. The second kappa shape index (κ2) is 13.7. The van der Waals surface area contributed by atoms with Crippen LogP contribution in [0.15, 0.2) is 12.1 Å². The van der Waals surface area contributed by atoms with Gasteiger partial charge in [0.15, 0.2) is 0 Å². The smallest absolute Gasteiger partial charge is 0.219 e. The lowest BCUT2D eigenvalue weighted by atomic mass is 10.0. The Hall–Kier alpha value is -2.45. The normalized spacial score (nSPS) is 16.6. The number of amides is 1. The third-order valence-electron chi connectivity index (χ3n) is 5.00. The maximum atomic E-state index is 10.5. The van der Waals surface area contributed by atoms with Gasteiger partial charge in [0, 0.05) is 46.1 Å². The Bertz CT molecular complexity index is 681. The van der Waals surface area contributed by atoms with Crippen molar-refractivity contribution in [3.8, 4) is 5.75 Å². The molecule has 2 heterocycles. The largest absolute Gasteiger partial charge is 0.489 e. The van der Waals surface area contributed by atoms with E-state index >= 15 is 0 Å². The summed E-state index contributed by atoms with van der Waals surface area (Å²) in [5.74, 6) is 1.05. The molecule has 3 rings (SSSR count). The van der Waals surface area contributed by atoms with Crippen molar-refractivity contribution >= 4 is 24.7 Å². The number of rotatable bonds is 6. The van der Waals surface area contributed by atoms with Gasteiger partial charge in [0.05, 0.1) is 11.7 Å². The minimum Gasteiger partial charge on any atom is -0.489 e. The molecule has 0 aliphatic carbocycles. The Morgan fingerprint density at radius 1 is 1.40 bits per heavy atom. The number of piperazine rings is 1. The van der Waals surface area contributed by atoms with Crippen LogP contribution in [0.5, 0.6) is 5.75 Å². The second-order valence-electron chi connectivity index (χ2n) is 7.58. The molecular weight excluding hydrogens is 384 g/mol. The van der Waals surface area contributed by atoms with Crippen molar-refractivity contribution in [2.24, 2.45) is 0 Å². The molecule has 1 aromatic carbocycles. The number of ether oxygens (including phenoxy) is 1. The van der Waals surface area contributed by atoms with Crippen LogP contribution in [0.2, 0.25) is 0 Å². The molecule has 30 heavy (non-hydrogen) atoms. The molecular formula is C22H36N4O4. The first-order valence-corrected chi connectivity index (χ1v) is 10.3. The Kier molecular flexibility index (Phi) is 11.7. The number of carbonyl (C=O) groups excluding carboxylic acids is 3. The van der Waals surface area contributed by atoms with Crippen LogP contribution in [0, 0.1) is 6.92 Å². The summed E-state index contributed by atoms with van der Waals surface area (Å²) in [5.41, 5.74) is 3.99. The molecule has 2 N–H and O–H groups in total. The zero-order valence-electron chi connectivity index (χ0n) is 18.7. The molecule has 1 saturated heterocycles.